The fourth-order valence-corrected chi connectivity index (χ4v) is 5.63. The number of likely N-dealkylation sites (N-methyl/N-ethyl adjacent to an activating group) is 1. The largest absolute Gasteiger partial charge is 0.454 e. The molecule has 4 rings (SSSR count). The zero-order valence-electron chi connectivity index (χ0n) is 15.9. The normalized spacial score (nSPS) is 43.0. The fourth-order valence-electron chi connectivity index (χ4n) is 5.63. The van der Waals surface area contributed by atoms with Crippen molar-refractivity contribution in [3.63, 3.8) is 0 Å². The third-order valence-corrected chi connectivity index (χ3v) is 7.34. The van der Waals surface area contributed by atoms with E-state index in [-0.39, 0.29) is 11.4 Å². The van der Waals surface area contributed by atoms with Crippen LogP contribution in [0.4, 0.5) is 0 Å². The fraction of sp³-hybridized carbons (Fsp3) is 0.850. The highest BCUT2D eigenvalue weighted by Gasteiger charge is 2.63. The van der Waals surface area contributed by atoms with Crippen LogP contribution in [0.2, 0.25) is 0 Å². The van der Waals surface area contributed by atoms with E-state index in [0.29, 0.717) is 13.0 Å². The first-order valence-electron chi connectivity index (χ1n) is 9.87. The first kappa shape index (κ1) is 17.5. The molecule has 1 saturated carbocycles. The Balaban J connectivity index is 1.59. The monoisotopic (exact) mass is 348 g/mol. The van der Waals surface area contributed by atoms with Gasteiger partial charge < -0.3 is 14.7 Å². The summed E-state index contributed by atoms with van der Waals surface area (Å²) in [7, 11) is 2.13. The van der Waals surface area contributed by atoms with Gasteiger partial charge in [0.25, 0.3) is 0 Å². The van der Waals surface area contributed by atoms with E-state index in [1.165, 1.54) is 17.6 Å². The van der Waals surface area contributed by atoms with Crippen molar-refractivity contribution in [2.45, 2.75) is 57.7 Å². The number of carbonyl (C=O) groups is 1. The summed E-state index contributed by atoms with van der Waals surface area (Å²) in [6.07, 6.45) is 4.63. The second-order valence-corrected chi connectivity index (χ2v) is 9.07. The molecule has 2 heterocycles. The molecule has 140 valence electrons. The van der Waals surface area contributed by atoms with Crippen molar-refractivity contribution < 1.29 is 14.6 Å². The first-order chi connectivity index (χ1) is 11.8. The lowest BCUT2D eigenvalue weighted by Gasteiger charge is -2.49. The number of piperazine rings is 1. The molecule has 25 heavy (non-hydrogen) atoms. The highest BCUT2D eigenvalue weighted by molar-refractivity contribution is 5.78. The molecule has 0 bridgehead atoms. The minimum atomic E-state index is -1.02. The van der Waals surface area contributed by atoms with Gasteiger partial charge in [-0.3, -0.25) is 9.69 Å². The van der Waals surface area contributed by atoms with Crippen molar-refractivity contribution in [1.29, 1.82) is 0 Å². The number of rotatable bonds is 2. The van der Waals surface area contributed by atoms with Crippen molar-refractivity contribution in [3.8, 4) is 0 Å². The standard InChI is InChI=1S/C20H32N2O3/c1-14-5-4-6-19(2)7-8-20(24)15(18(23)25-17(20)16(14)19)13-22-11-9-21(3)10-12-22/h15,17,24H,4-13H2,1-3H3/t15?,17-,19+,20?/m0/s1. The van der Waals surface area contributed by atoms with Gasteiger partial charge in [-0.2, -0.15) is 0 Å². The van der Waals surface area contributed by atoms with E-state index in [2.05, 4.69) is 30.7 Å². The Morgan fingerprint density at radius 2 is 1.92 bits per heavy atom. The van der Waals surface area contributed by atoms with Crippen LogP contribution in [0, 0.1) is 11.3 Å². The van der Waals surface area contributed by atoms with Crippen LogP contribution < -0.4 is 0 Å². The van der Waals surface area contributed by atoms with Gasteiger partial charge in [0, 0.05) is 32.7 Å². The van der Waals surface area contributed by atoms with E-state index in [9.17, 15) is 9.90 Å². The van der Waals surface area contributed by atoms with Crippen molar-refractivity contribution in [1.82, 2.24) is 9.80 Å². The number of aliphatic hydroxyl groups is 1. The third-order valence-electron chi connectivity index (χ3n) is 7.34. The van der Waals surface area contributed by atoms with Crippen molar-refractivity contribution in [2.24, 2.45) is 11.3 Å². The van der Waals surface area contributed by atoms with E-state index < -0.39 is 17.6 Å². The molecule has 2 aliphatic carbocycles. The summed E-state index contributed by atoms with van der Waals surface area (Å²) >= 11 is 0. The van der Waals surface area contributed by atoms with Gasteiger partial charge in [0.15, 0.2) is 6.10 Å². The Morgan fingerprint density at radius 3 is 2.64 bits per heavy atom. The molecule has 2 aliphatic heterocycles. The summed E-state index contributed by atoms with van der Waals surface area (Å²) in [5.41, 5.74) is 1.66. The van der Waals surface area contributed by atoms with Crippen LogP contribution in [-0.2, 0) is 9.53 Å². The van der Waals surface area contributed by atoms with Crippen molar-refractivity contribution in [2.75, 3.05) is 39.8 Å². The predicted octanol–water partition coefficient (Wildman–Crippen LogP) is 1.81. The number of esters is 1. The molecular weight excluding hydrogens is 316 g/mol. The van der Waals surface area contributed by atoms with Gasteiger partial charge in [0.2, 0.25) is 0 Å². The van der Waals surface area contributed by atoms with Crippen LogP contribution in [0.1, 0.15) is 46.0 Å². The molecular formula is C20H32N2O3. The number of ether oxygens (including phenoxy) is 1. The molecule has 0 radical (unpaired) electrons. The van der Waals surface area contributed by atoms with Crippen LogP contribution >= 0.6 is 0 Å². The van der Waals surface area contributed by atoms with E-state index in [1.54, 1.807) is 0 Å². The molecule has 4 atom stereocenters. The highest BCUT2D eigenvalue weighted by Crippen LogP contribution is 2.57. The van der Waals surface area contributed by atoms with E-state index in [1.807, 2.05) is 0 Å². The van der Waals surface area contributed by atoms with Crippen LogP contribution in [0.3, 0.4) is 0 Å². The molecule has 1 N–H and O–H groups in total. The smallest absolute Gasteiger partial charge is 0.314 e. The zero-order valence-corrected chi connectivity index (χ0v) is 15.9. The molecule has 3 fully saturated rings. The molecule has 0 aromatic carbocycles. The summed E-state index contributed by atoms with van der Waals surface area (Å²) in [5.74, 6) is -0.603. The summed E-state index contributed by atoms with van der Waals surface area (Å²) in [6.45, 7) is 9.05. The van der Waals surface area contributed by atoms with Gasteiger partial charge in [-0.25, -0.2) is 0 Å². The number of fused-ring (bicyclic) bond motifs is 3. The minimum Gasteiger partial charge on any atom is -0.454 e. The average molecular weight is 348 g/mol. The van der Waals surface area contributed by atoms with E-state index in [4.69, 9.17) is 4.74 Å². The summed E-state index contributed by atoms with van der Waals surface area (Å²) < 4.78 is 5.86. The maximum absolute atomic E-state index is 12.7. The van der Waals surface area contributed by atoms with Gasteiger partial charge in [-0.05, 0) is 57.1 Å². The lowest BCUT2D eigenvalue weighted by Crippen LogP contribution is -2.56. The second-order valence-electron chi connectivity index (χ2n) is 9.07. The van der Waals surface area contributed by atoms with Gasteiger partial charge in [0.1, 0.15) is 11.5 Å². The minimum absolute atomic E-state index is 0.0994. The number of allylic oxidation sites excluding steroid dienone is 1. The van der Waals surface area contributed by atoms with Crippen molar-refractivity contribution >= 4 is 5.97 Å². The Kier molecular flexibility index (Phi) is 4.25. The number of nitrogens with zero attached hydrogens (tertiary/aromatic N) is 2. The quantitative estimate of drug-likeness (QED) is 0.609. The highest BCUT2D eigenvalue weighted by atomic mass is 16.6. The summed E-state index contributed by atoms with van der Waals surface area (Å²) in [5, 5.41) is 11.6. The number of carbonyl (C=O) groups excluding carboxylic acids is 1. The predicted molar refractivity (Wildman–Crippen MR) is 96.1 cm³/mol. The van der Waals surface area contributed by atoms with Crippen LogP contribution in [0.5, 0.6) is 0 Å². The lowest BCUT2D eigenvalue weighted by molar-refractivity contribution is -0.144. The Morgan fingerprint density at radius 1 is 1.20 bits per heavy atom. The van der Waals surface area contributed by atoms with Gasteiger partial charge in [-0.1, -0.05) is 12.5 Å². The Labute approximate surface area is 151 Å². The maximum atomic E-state index is 12.7. The molecule has 2 saturated heterocycles. The lowest BCUT2D eigenvalue weighted by atomic mass is 9.58. The summed E-state index contributed by atoms with van der Waals surface area (Å²) in [4.78, 5) is 17.4. The molecule has 0 spiro atoms. The number of hydrogen-bond donors (Lipinski definition) is 1. The first-order valence-corrected chi connectivity index (χ1v) is 9.87. The second kappa shape index (κ2) is 6.07. The van der Waals surface area contributed by atoms with Gasteiger partial charge >= 0.3 is 5.97 Å². The summed E-state index contributed by atoms with van der Waals surface area (Å²) in [6, 6.07) is 0. The van der Waals surface area contributed by atoms with Crippen LogP contribution in [0.15, 0.2) is 11.1 Å². The molecule has 0 amide bonds. The molecule has 0 aromatic heterocycles. The van der Waals surface area contributed by atoms with E-state index >= 15 is 0 Å². The molecule has 2 unspecified atom stereocenters. The zero-order chi connectivity index (χ0) is 17.8. The SMILES string of the molecule is CC1=C2[C@@H]3OC(=O)C(CN4CCN(C)CC4)C3(O)CC[C@@]2(C)CCC1. The Bertz CT molecular complexity index is 596. The molecule has 5 heteroatoms. The third kappa shape index (κ3) is 2.75. The average Bonchev–Trinajstić information content (AvgIpc) is 2.81. The maximum Gasteiger partial charge on any atom is 0.314 e. The molecule has 4 aliphatic rings. The molecule has 5 nitrogen and oxygen atoms in total. The van der Waals surface area contributed by atoms with Crippen LogP contribution in [0.25, 0.3) is 0 Å². The van der Waals surface area contributed by atoms with Gasteiger partial charge in [0.05, 0.1) is 0 Å². The Hall–Kier alpha value is -0.910. The van der Waals surface area contributed by atoms with Crippen LogP contribution in [-0.4, -0.2) is 72.4 Å². The van der Waals surface area contributed by atoms with E-state index in [0.717, 1.165) is 45.4 Å². The topological polar surface area (TPSA) is 53.0 Å². The van der Waals surface area contributed by atoms with Gasteiger partial charge in [-0.15, -0.1) is 0 Å². The molecule has 0 aromatic rings. The number of hydrogen-bond acceptors (Lipinski definition) is 5. The van der Waals surface area contributed by atoms with Crippen molar-refractivity contribution in [3.05, 3.63) is 11.1 Å².